The largest absolute Gasteiger partial charge is 0.472 e. The van der Waals surface area contributed by atoms with Crippen LogP contribution in [0.5, 0.6) is 0 Å². The minimum Gasteiger partial charge on any atom is -0.462 e. The molecule has 0 saturated heterocycles. The minimum atomic E-state index is -4.96. The summed E-state index contributed by atoms with van der Waals surface area (Å²) in [4.78, 5) is 72.8. The standard InChI is InChI=1S/C79H154O17P2/c1-8-10-11-12-36-46-53-60-76(81)89-66-74(95-79(84)63-56-49-42-35-29-23-25-31-38-44-51-58-71(5)6)68-93-97(85,86)91-64-73(80)65-92-98(87,88)94-69-75(67-90-77(82)61-54-47-40-33-27-21-18-17-20-26-32-39-45-52-59-72(7)9-2)96-78(83)62-55-48-41-34-28-22-16-14-13-15-19-24-30-37-43-50-57-70(3)4/h70-75,80H,8-69H2,1-7H3,(H,85,86)(H,87,88)/t72?,73-,74+,75+/m0/s1. The van der Waals surface area contributed by atoms with Gasteiger partial charge in [0.1, 0.15) is 19.3 Å². The fraction of sp³-hybridized carbons (Fsp3) is 0.949. The molecular weight excluding hydrogens is 1280 g/mol. The lowest BCUT2D eigenvalue weighted by atomic mass is 9.99. The molecule has 0 bridgehead atoms. The number of phosphoric acid groups is 2. The molecule has 98 heavy (non-hydrogen) atoms. The van der Waals surface area contributed by atoms with E-state index in [0.29, 0.717) is 25.7 Å². The van der Waals surface area contributed by atoms with E-state index in [1.165, 1.54) is 205 Å². The first kappa shape index (κ1) is 96.1. The van der Waals surface area contributed by atoms with E-state index < -0.39 is 97.5 Å². The van der Waals surface area contributed by atoms with Gasteiger partial charge < -0.3 is 33.8 Å². The Bertz CT molecular complexity index is 1910. The van der Waals surface area contributed by atoms with Crippen LogP contribution < -0.4 is 0 Å². The molecule has 0 aliphatic carbocycles. The zero-order valence-electron chi connectivity index (χ0n) is 64.3. The number of esters is 4. The van der Waals surface area contributed by atoms with Gasteiger partial charge in [-0.1, -0.05) is 357 Å². The summed E-state index contributed by atoms with van der Waals surface area (Å²) in [5, 5.41) is 10.6. The van der Waals surface area contributed by atoms with Crippen molar-refractivity contribution >= 4 is 39.5 Å². The number of hydrogen-bond donors (Lipinski definition) is 3. The number of carbonyl (C=O) groups excluding carboxylic acids is 4. The fourth-order valence-corrected chi connectivity index (χ4v) is 13.7. The number of carbonyl (C=O) groups is 4. The number of unbranched alkanes of at least 4 members (excludes halogenated alkanes) is 44. The molecule has 19 heteroatoms. The second-order valence-electron chi connectivity index (χ2n) is 29.6. The summed E-state index contributed by atoms with van der Waals surface area (Å²) in [5.74, 6) is 0.307. The first-order valence-electron chi connectivity index (χ1n) is 40.9. The topological polar surface area (TPSA) is 237 Å². The second kappa shape index (κ2) is 69.4. The summed E-state index contributed by atoms with van der Waals surface area (Å²) in [7, 11) is -9.91. The van der Waals surface area contributed by atoms with Crippen LogP contribution >= 0.6 is 15.6 Å². The zero-order chi connectivity index (χ0) is 72.3. The van der Waals surface area contributed by atoms with Gasteiger partial charge in [0.05, 0.1) is 26.4 Å². The molecular formula is C79H154O17P2. The predicted octanol–water partition coefficient (Wildman–Crippen LogP) is 23.4. The van der Waals surface area contributed by atoms with Crippen molar-refractivity contribution in [1.82, 2.24) is 0 Å². The molecule has 0 heterocycles. The Kier molecular flexibility index (Phi) is 68.1. The van der Waals surface area contributed by atoms with Crippen molar-refractivity contribution in [2.45, 2.75) is 426 Å². The number of aliphatic hydroxyl groups excluding tert-OH is 1. The number of ether oxygens (including phenoxy) is 4. The van der Waals surface area contributed by atoms with Gasteiger partial charge in [-0.25, -0.2) is 9.13 Å². The molecule has 6 atom stereocenters. The number of hydrogen-bond acceptors (Lipinski definition) is 15. The van der Waals surface area contributed by atoms with Crippen LogP contribution in [0.4, 0.5) is 0 Å². The lowest BCUT2D eigenvalue weighted by Gasteiger charge is -2.21. The quantitative estimate of drug-likeness (QED) is 0.0222. The monoisotopic (exact) mass is 1440 g/mol. The molecule has 0 aromatic carbocycles. The van der Waals surface area contributed by atoms with Crippen molar-refractivity contribution in [1.29, 1.82) is 0 Å². The molecule has 0 aliphatic rings. The van der Waals surface area contributed by atoms with Crippen LogP contribution in [-0.2, 0) is 65.4 Å². The van der Waals surface area contributed by atoms with Crippen molar-refractivity contribution in [3.8, 4) is 0 Å². The third-order valence-electron chi connectivity index (χ3n) is 18.7. The highest BCUT2D eigenvalue weighted by atomic mass is 31.2. The van der Waals surface area contributed by atoms with E-state index in [9.17, 15) is 43.2 Å². The van der Waals surface area contributed by atoms with E-state index in [2.05, 4.69) is 48.5 Å². The summed E-state index contributed by atoms with van der Waals surface area (Å²) in [5.41, 5.74) is 0. The molecule has 17 nitrogen and oxygen atoms in total. The van der Waals surface area contributed by atoms with E-state index in [0.717, 1.165) is 120 Å². The summed E-state index contributed by atoms with van der Waals surface area (Å²) in [6, 6.07) is 0. The normalized spacial score (nSPS) is 14.3. The molecule has 0 aromatic heterocycles. The number of aliphatic hydroxyl groups is 1. The first-order chi connectivity index (χ1) is 47.3. The molecule has 582 valence electrons. The van der Waals surface area contributed by atoms with E-state index in [4.69, 9.17) is 37.0 Å². The maximum Gasteiger partial charge on any atom is 0.472 e. The fourth-order valence-electron chi connectivity index (χ4n) is 12.1. The molecule has 0 aliphatic heterocycles. The molecule has 0 amide bonds. The van der Waals surface area contributed by atoms with Crippen molar-refractivity contribution in [3.63, 3.8) is 0 Å². The third-order valence-corrected chi connectivity index (χ3v) is 20.6. The van der Waals surface area contributed by atoms with Gasteiger partial charge in [-0.15, -0.1) is 0 Å². The Morgan fingerprint density at radius 1 is 0.296 bits per heavy atom. The predicted molar refractivity (Wildman–Crippen MR) is 400 cm³/mol. The highest BCUT2D eigenvalue weighted by Gasteiger charge is 2.30. The lowest BCUT2D eigenvalue weighted by molar-refractivity contribution is -0.161. The van der Waals surface area contributed by atoms with Crippen molar-refractivity contribution in [3.05, 3.63) is 0 Å². The van der Waals surface area contributed by atoms with Crippen LogP contribution in [0.15, 0.2) is 0 Å². The third kappa shape index (κ3) is 71.1. The Labute approximate surface area is 600 Å². The second-order valence-corrected chi connectivity index (χ2v) is 32.6. The van der Waals surface area contributed by atoms with Gasteiger partial charge in [0.2, 0.25) is 0 Å². The van der Waals surface area contributed by atoms with Crippen molar-refractivity contribution in [2.24, 2.45) is 17.8 Å². The van der Waals surface area contributed by atoms with Crippen LogP contribution in [0, 0.1) is 17.8 Å². The van der Waals surface area contributed by atoms with Crippen molar-refractivity contribution in [2.75, 3.05) is 39.6 Å². The Balaban J connectivity index is 5.19. The van der Waals surface area contributed by atoms with Crippen LogP contribution in [-0.4, -0.2) is 96.7 Å². The zero-order valence-corrected chi connectivity index (χ0v) is 66.0. The van der Waals surface area contributed by atoms with Crippen LogP contribution in [0.25, 0.3) is 0 Å². The highest BCUT2D eigenvalue weighted by Crippen LogP contribution is 2.45. The number of rotatable bonds is 77. The molecule has 0 aromatic rings. The van der Waals surface area contributed by atoms with Gasteiger partial charge in [0, 0.05) is 25.7 Å². The minimum absolute atomic E-state index is 0.106. The van der Waals surface area contributed by atoms with Gasteiger partial charge in [0.25, 0.3) is 0 Å². The molecule has 0 saturated carbocycles. The van der Waals surface area contributed by atoms with E-state index >= 15 is 0 Å². The Morgan fingerprint density at radius 3 is 0.776 bits per heavy atom. The molecule has 0 radical (unpaired) electrons. The van der Waals surface area contributed by atoms with Crippen LogP contribution in [0.3, 0.4) is 0 Å². The van der Waals surface area contributed by atoms with Gasteiger partial charge in [-0.2, -0.15) is 0 Å². The molecule has 3 unspecified atom stereocenters. The lowest BCUT2D eigenvalue weighted by Crippen LogP contribution is -2.30. The van der Waals surface area contributed by atoms with Crippen LogP contribution in [0.2, 0.25) is 0 Å². The molecule has 0 fully saturated rings. The van der Waals surface area contributed by atoms with Crippen molar-refractivity contribution < 1.29 is 80.2 Å². The summed E-state index contributed by atoms with van der Waals surface area (Å²) in [6.07, 6.45) is 57.0. The van der Waals surface area contributed by atoms with E-state index in [1.807, 2.05) is 0 Å². The SMILES string of the molecule is CCCCCCCCCC(=O)OC[C@H](COP(=O)(O)OC[C@H](O)COP(=O)(O)OC[C@@H](COC(=O)CCCCCCCCCCCCCCCCC(C)CC)OC(=O)CCCCCCCCCCCCCCCCCCC(C)C)OC(=O)CCCCCCCCCCCCCC(C)C. The van der Waals surface area contributed by atoms with Gasteiger partial charge >= 0.3 is 39.5 Å². The Hall–Kier alpha value is -1.94. The number of phosphoric ester groups is 2. The summed E-state index contributed by atoms with van der Waals surface area (Å²) in [6.45, 7) is 12.0. The van der Waals surface area contributed by atoms with E-state index in [1.54, 1.807) is 0 Å². The Morgan fingerprint density at radius 2 is 0.520 bits per heavy atom. The van der Waals surface area contributed by atoms with Crippen LogP contribution in [0.1, 0.15) is 408 Å². The summed E-state index contributed by atoms with van der Waals surface area (Å²) >= 11 is 0. The molecule has 0 rings (SSSR count). The van der Waals surface area contributed by atoms with Gasteiger partial charge in [-0.3, -0.25) is 37.3 Å². The maximum absolute atomic E-state index is 13.1. The smallest absolute Gasteiger partial charge is 0.462 e. The van der Waals surface area contributed by atoms with Gasteiger partial charge in [0.15, 0.2) is 12.2 Å². The summed E-state index contributed by atoms with van der Waals surface area (Å²) < 4.78 is 68.5. The molecule has 0 spiro atoms. The average Bonchev–Trinajstić information content (AvgIpc) is 0.935. The average molecular weight is 1440 g/mol. The van der Waals surface area contributed by atoms with E-state index in [-0.39, 0.29) is 25.7 Å². The maximum atomic E-state index is 13.1. The molecule has 3 N–H and O–H groups in total. The highest BCUT2D eigenvalue weighted by molar-refractivity contribution is 7.47. The first-order valence-corrected chi connectivity index (χ1v) is 43.9. The van der Waals surface area contributed by atoms with Gasteiger partial charge in [-0.05, 0) is 43.4 Å².